The molecule has 0 aromatic heterocycles. The minimum atomic E-state index is -0.118. The first-order valence-corrected chi connectivity index (χ1v) is 11.6. The minimum absolute atomic E-state index is 0.0275. The van der Waals surface area contributed by atoms with Crippen molar-refractivity contribution in [3.05, 3.63) is 34.9 Å². The van der Waals surface area contributed by atoms with Crippen LogP contribution in [0.25, 0.3) is 0 Å². The van der Waals surface area contributed by atoms with Crippen LogP contribution in [0, 0.1) is 23.2 Å². The van der Waals surface area contributed by atoms with Crippen molar-refractivity contribution in [2.75, 3.05) is 14.1 Å². The Morgan fingerprint density at radius 2 is 1.69 bits per heavy atom. The number of carbonyl (C=O) groups excluding carboxylic acids is 1. The Kier molecular flexibility index (Phi) is 4.55. The number of benzene rings is 1. The standard InChI is InChI=1S/C26H36N2O/c1-25(2)15-21-6-5-17(16-28(3)4)10-22(21)23(27-25)11-24(29)26-12-18-7-19(13-26)9-20(8-18)14-26/h5-6,10,18-20H,7-9,11-16H2,1-4H3. The van der Waals surface area contributed by atoms with Crippen molar-refractivity contribution in [1.29, 1.82) is 0 Å². The highest BCUT2D eigenvalue weighted by atomic mass is 16.1. The number of nitrogens with zero attached hydrogens (tertiary/aromatic N) is 2. The van der Waals surface area contributed by atoms with Gasteiger partial charge < -0.3 is 4.90 Å². The normalized spacial score (nSPS) is 34.2. The van der Waals surface area contributed by atoms with E-state index in [1.807, 2.05) is 0 Å². The van der Waals surface area contributed by atoms with Gasteiger partial charge >= 0.3 is 0 Å². The van der Waals surface area contributed by atoms with Crippen molar-refractivity contribution in [1.82, 2.24) is 4.90 Å². The summed E-state index contributed by atoms with van der Waals surface area (Å²) in [5, 5.41) is 0. The summed E-state index contributed by atoms with van der Waals surface area (Å²) in [6.45, 7) is 5.34. The SMILES string of the molecule is CN(C)Cc1ccc2c(c1)C(CC(=O)C13CC4CC(CC(C4)C1)C3)=NC(C)(C)C2. The Morgan fingerprint density at radius 3 is 2.28 bits per heavy atom. The van der Waals surface area contributed by atoms with Crippen LogP contribution in [0.4, 0.5) is 0 Å². The molecule has 29 heavy (non-hydrogen) atoms. The molecule has 0 saturated heterocycles. The van der Waals surface area contributed by atoms with Crippen LogP contribution in [0.15, 0.2) is 23.2 Å². The Bertz CT molecular complexity index is 828. The first-order chi connectivity index (χ1) is 13.7. The molecule has 5 aliphatic rings. The molecule has 0 amide bonds. The van der Waals surface area contributed by atoms with E-state index in [0.29, 0.717) is 12.2 Å². The van der Waals surface area contributed by atoms with Crippen LogP contribution in [0.5, 0.6) is 0 Å². The van der Waals surface area contributed by atoms with Crippen molar-refractivity contribution in [3.63, 3.8) is 0 Å². The molecule has 4 aliphatic carbocycles. The first kappa shape index (κ1) is 19.5. The molecule has 6 rings (SSSR count). The maximum atomic E-state index is 13.8. The van der Waals surface area contributed by atoms with Gasteiger partial charge in [0.2, 0.25) is 0 Å². The third-order valence-corrected chi connectivity index (χ3v) is 8.00. The number of fused-ring (bicyclic) bond motifs is 1. The molecule has 3 nitrogen and oxygen atoms in total. The highest BCUT2D eigenvalue weighted by Crippen LogP contribution is 2.60. The predicted octanol–water partition coefficient (Wildman–Crippen LogP) is 5.05. The van der Waals surface area contributed by atoms with Gasteiger partial charge in [-0.05, 0) is 113 Å². The molecule has 4 bridgehead atoms. The van der Waals surface area contributed by atoms with Gasteiger partial charge in [0.15, 0.2) is 0 Å². The fourth-order valence-electron chi connectivity index (χ4n) is 7.37. The Balaban J connectivity index is 1.44. The molecule has 4 fully saturated rings. The monoisotopic (exact) mass is 392 g/mol. The van der Waals surface area contributed by atoms with E-state index < -0.39 is 0 Å². The van der Waals surface area contributed by atoms with E-state index in [2.05, 4.69) is 51.0 Å². The van der Waals surface area contributed by atoms with Crippen LogP contribution in [0.1, 0.15) is 75.5 Å². The minimum Gasteiger partial charge on any atom is -0.305 e. The molecule has 4 saturated carbocycles. The molecule has 0 atom stereocenters. The quantitative estimate of drug-likeness (QED) is 0.703. The fraction of sp³-hybridized carbons (Fsp3) is 0.692. The summed E-state index contributed by atoms with van der Waals surface area (Å²) in [4.78, 5) is 21.1. The molecule has 1 heterocycles. The zero-order valence-electron chi connectivity index (χ0n) is 18.6. The number of rotatable bonds is 5. The molecular formula is C26H36N2O. The third kappa shape index (κ3) is 3.60. The van der Waals surface area contributed by atoms with Gasteiger partial charge in [-0.25, -0.2) is 0 Å². The Morgan fingerprint density at radius 1 is 1.07 bits per heavy atom. The molecule has 0 unspecified atom stereocenters. The summed E-state index contributed by atoms with van der Waals surface area (Å²) in [5.41, 5.74) is 4.82. The van der Waals surface area contributed by atoms with Gasteiger partial charge in [-0.1, -0.05) is 12.1 Å². The van der Waals surface area contributed by atoms with E-state index in [1.54, 1.807) is 0 Å². The molecule has 0 N–H and O–H groups in total. The van der Waals surface area contributed by atoms with E-state index in [4.69, 9.17) is 4.99 Å². The number of carbonyl (C=O) groups is 1. The average Bonchev–Trinajstić information content (AvgIpc) is 2.60. The fourth-order valence-corrected chi connectivity index (χ4v) is 7.37. The maximum Gasteiger partial charge on any atom is 0.145 e. The Hall–Kier alpha value is -1.48. The van der Waals surface area contributed by atoms with Crippen molar-refractivity contribution in [3.8, 4) is 0 Å². The van der Waals surface area contributed by atoms with Gasteiger partial charge in [0.25, 0.3) is 0 Å². The van der Waals surface area contributed by atoms with Crippen LogP contribution in [-0.2, 0) is 17.8 Å². The zero-order chi connectivity index (χ0) is 20.4. The van der Waals surface area contributed by atoms with Crippen molar-refractivity contribution in [2.24, 2.45) is 28.2 Å². The molecule has 0 radical (unpaired) electrons. The second-order valence-corrected chi connectivity index (χ2v) is 11.6. The summed E-state index contributed by atoms with van der Waals surface area (Å²) in [7, 11) is 4.21. The van der Waals surface area contributed by atoms with Gasteiger partial charge in [0.05, 0.1) is 11.3 Å². The van der Waals surface area contributed by atoms with Crippen LogP contribution < -0.4 is 0 Å². The third-order valence-electron chi connectivity index (χ3n) is 8.00. The van der Waals surface area contributed by atoms with E-state index in [1.165, 1.54) is 36.0 Å². The van der Waals surface area contributed by atoms with E-state index >= 15 is 0 Å². The lowest BCUT2D eigenvalue weighted by atomic mass is 9.48. The second kappa shape index (κ2) is 6.77. The van der Waals surface area contributed by atoms with Gasteiger partial charge in [-0.2, -0.15) is 0 Å². The van der Waals surface area contributed by atoms with Gasteiger partial charge in [-0.3, -0.25) is 9.79 Å². The van der Waals surface area contributed by atoms with Gasteiger partial charge in [-0.15, -0.1) is 0 Å². The van der Waals surface area contributed by atoms with Crippen LogP contribution in [0.3, 0.4) is 0 Å². The highest BCUT2D eigenvalue weighted by Gasteiger charge is 2.54. The maximum absolute atomic E-state index is 13.8. The van der Waals surface area contributed by atoms with Gasteiger partial charge in [0.1, 0.15) is 5.78 Å². The van der Waals surface area contributed by atoms with Crippen molar-refractivity contribution in [2.45, 2.75) is 77.3 Å². The lowest BCUT2D eigenvalue weighted by Crippen LogP contribution is -2.50. The number of Topliss-reactive ketones (excluding diaryl/α,β-unsaturated/α-hetero) is 1. The molecule has 3 heteroatoms. The topological polar surface area (TPSA) is 32.7 Å². The van der Waals surface area contributed by atoms with Gasteiger partial charge in [0, 0.05) is 18.4 Å². The predicted molar refractivity (Wildman–Crippen MR) is 118 cm³/mol. The Labute approximate surface area is 176 Å². The number of hydrogen-bond acceptors (Lipinski definition) is 3. The summed E-state index contributed by atoms with van der Waals surface area (Å²) >= 11 is 0. The molecule has 1 aliphatic heterocycles. The smallest absolute Gasteiger partial charge is 0.145 e. The molecule has 0 spiro atoms. The summed E-state index contributed by atoms with van der Waals surface area (Å²) < 4.78 is 0. The first-order valence-electron chi connectivity index (χ1n) is 11.6. The highest BCUT2D eigenvalue weighted by molar-refractivity contribution is 6.13. The second-order valence-electron chi connectivity index (χ2n) is 11.6. The average molecular weight is 393 g/mol. The van der Waals surface area contributed by atoms with E-state index in [-0.39, 0.29) is 11.0 Å². The van der Waals surface area contributed by atoms with E-state index in [9.17, 15) is 4.79 Å². The molecule has 156 valence electrons. The van der Waals surface area contributed by atoms with Crippen LogP contribution in [-0.4, -0.2) is 36.0 Å². The zero-order valence-corrected chi connectivity index (χ0v) is 18.6. The molecular weight excluding hydrogens is 356 g/mol. The van der Waals surface area contributed by atoms with Crippen LogP contribution >= 0.6 is 0 Å². The molecule has 1 aromatic carbocycles. The number of ketones is 1. The van der Waals surface area contributed by atoms with Crippen molar-refractivity contribution < 1.29 is 4.79 Å². The summed E-state index contributed by atoms with van der Waals surface area (Å²) in [6.07, 6.45) is 9.12. The molecule has 1 aromatic rings. The van der Waals surface area contributed by atoms with E-state index in [0.717, 1.165) is 55.7 Å². The lowest BCUT2D eigenvalue weighted by molar-refractivity contribution is -0.142. The number of aliphatic imine (C=N–C) groups is 1. The largest absolute Gasteiger partial charge is 0.305 e. The number of hydrogen-bond donors (Lipinski definition) is 0. The van der Waals surface area contributed by atoms with Crippen molar-refractivity contribution >= 4 is 11.5 Å². The summed E-state index contributed by atoms with van der Waals surface area (Å²) in [6, 6.07) is 6.83. The lowest BCUT2D eigenvalue weighted by Gasteiger charge is -2.56. The van der Waals surface area contributed by atoms with Crippen LogP contribution in [0.2, 0.25) is 0 Å². The summed E-state index contributed by atoms with van der Waals surface area (Å²) in [5.74, 6) is 2.94.